The summed E-state index contributed by atoms with van der Waals surface area (Å²) in [5, 5.41) is 20.3. The van der Waals surface area contributed by atoms with Gasteiger partial charge in [-0.05, 0) is 41.5 Å². The first-order valence-corrected chi connectivity index (χ1v) is 10.8. The van der Waals surface area contributed by atoms with Crippen LogP contribution in [-0.2, 0) is 14.9 Å². The van der Waals surface area contributed by atoms with Crippen molar-refractivity contribution >= 4 is 56.5 Å². The quantitative estimate of drug-likeness (QED) is 0.311. The molecule has 29 heavy (non-hydrogen) atoms. The number of hydrogen-bond donors (Lipinski definition) is 3. The maximum atomic E-state index is 12.9. The van der Waals surface area contributed by atoms with E-state index < -0.39 is 20.6 Å². The Morgan fingerprint density at radius 2 is 1.34 bits per heavy atom. The van der Waals surface area contributed by atoms with E-state index in [1.54, 1.807) is 0 Å². The van der Waals surface area contributed by atoms with Gasteiger partial charge in [-0.15, -0.1) is 0 Å². The van der Waals surface area contributed by atoms with Crippen molar-refractivity contribution in [2.75, 3.05) is 0 Å². The zero-order chi connectivity index (χ0) is 21.6. The van der Waals surface area contributed by atoms with Crippen molar-refractivity contribution in [2.45, 2.75) is 4.75 Å². The second-order valence-corrected chi connectivity index (χ2v) is 9.28. The van der Waals surface area contributed by atoms with Gasteiger partial charge in [0.15, 0.2) is 4.75 Å². The van der Waals surface area contributed by atoms with Crippen molar-refractivity contribution in [3.8, 4) is 11.5 Å². The van der Waals surface area contributed by atoms with Crippen molar-refractivity contribution in [2.24, 2.45) is 0 Å². The van der Waals surface area contributed by atoms with Crippen LogP contribution in [0.25, 0.3) is 0 Å². The van der Waals surface area contributed by atoms with E-state index in [0.717, 1.165) is 0 Å². The first-order valence-electron chi connectivity index (χ1n) is 7.89. The molecule has 0 fully saturated rings. The van der Waals surface area contributed by atoms with E-state index in [1.807, 2.05) is 0 Å². The summed E-state index contributed by atoms with van der Waals surface area (Å²) in [6.07, 6.45) is 0. The van der Waals surface area contributed by atoms with E-state index in [9.17, 15) is 23.2 Å². The van der Waals surface area contributed by atoms with Crippen LogP contribution in [-0.4, -0.2) is 23.2 Å². The molecular formula is C19H12Cl4O5S. The van der Waals surface area contributed by atoms with Gasteiger partial charge in [-0.25, -0.2) is 0 Å². The third-order valence-electron chi connectivity index (χ3n) is 4.44. The van der Waals surface area contributed by atoms with Gasteiger partial charge in [0.1, 0.15) is 16.5 Å². The topological polar surface area (TPSA) is 94.8 Å². The second-order valence-electron chi connectivity index (χ2n) is 6.09. The normalized spacial score (nSPS) is 13.8. The average Bonchev–Trinajstić information content (AvgIpc) is 2.65. The first kappa shape index (κ1) is 22.0. The molecule has 3 rings (SSSR count). The fourth-order valence-electron chi connectivity index (χ4n) is 3.15. The Bertz CT molecular complexity index is 1200. The van der Waals surface area contributed by atoms with Gasteiger partial charge in [-0.3, -0.25) is 4.55 Å². The van der Waals surface area contributed by atoms with Gasteiger partial charge in [0.25, 0.3) is 10.1 Å². The van der Waals surface area contributed by atoms with E-state index in [4.69, 9.17) is 46.4 Å². The summed E-state index contributed by atoms with van der Waals surface area (Å²) in [7, 11) is -5.03. The molecule has 3 aromatic carbocycles. The van der Waals surface area contributed by atoms with Crippen LogP contribution in [0.5, 0.6) is 11.5 Å². The van der Waals surface area contributed by atoms with Gasteiger partial charge in [0.2, 0.25) is 0 Å². The van der Waals surface area contributed by atoms with Gasteiger partial charge in [-0.2, -0.15) is 8.42 Å². The fourth-order valence-corrected chi connectivity index (χ4v) is 5.07. The Balaban J connectivity index is 2.56. The number of phenolic OH excluding ortho intramolecular Hbond substituents is 2. The summed E-state index contributed by atoms with van der Waals surface area (Å²) in [5.74, 6) is -0.940. The van der Waals surface area contributed by atoms with Gasteiger partial charge in [0, 0.05) is 10.6 Å². The maximum Gasteiger partial charge on any atom is 0.283 e. The molecule has 0 spiro atoms. The van der Waals surface area contributed by atoms with Crippen LogP contribution in [0, 0.1) is 0 Å². The third kappa shape index (κ3) is 3.65. The Labute approximate surface area is 186 Å². The molecule has 0 saturated heterocycles. The molecule has 1 unspecified atom stereocenters. The summed E-state index contributed by atoms with van der Waals surface area (Å²) in [6, 6.07) is 11.7. The molecule has 0 aliphatic rings. The molecule has 3 N–H and O–H groups in total. The molecular weight excluding hydrogens is 482 g/mol. The van der Waals surface area contributed by atoms with Crippen LogP contribution in [0.3, 0.4) is 0 Å². The monoisotopic (exact) mass is 492 g/mol. The highest BCUT2D eigenvalue weighted by atomic mass is 35.5. The van der Waals surface area contributed by atoms with E-state index in [1.165, 1.54) is 54.6 Å². The van der Waals surface area contributed by atoms with Crippen LogP contribution in [0.15, 0.2) is 54.6 Å². The number of hydrogen-bond acceptors (Lipinski definition) is 4. The van der Waals surface area contributed by atoms with E-state index in [-0.39, 0.29) is 37.5 Å². The molecule has 0 aliphatic carbocycles. The Morgan fingerprint density at radius 3 is 1.90 bits per heavy atom. The Kier molecular flexibility index (Phi) is 5.98. The maximum absolute atomic E-state index is 12.9. The summed E-state index contributed by atoms with van der Waals surface area (Å²) in [4.78, 5) is 0. The minimum Gasteiger partial charge on any atom is -0.506 e. The molecule has 3 aromatic rings. The van der Waals surface area contributed by atoms with Crippen molar-refractivity contribution in [1.29, 1.82) is 0 Å². The predicted molar refractivity (Wildman–Crippen MR) is 114 cm³/mol. The fraction of sp³-hybridized carbons (Fsp3) is 0.0526. The van der Waals surface area contributed by atoms with Crippen molar-refractivity contribution < 1.29 is 23.2 Å². The molecule has 5 nitrogen and oxygen atoms in total. The number of phenols is 2. The minimum atomic E-state index is -5.03. The zero-order valence-electron chi connectivity index (χ0n) is 14.3. The number of rotatable bonds is 4. The lowest BCUT2D eigenvalue weighted by molar-refractivity contribution is 0.440. The van der Waals surface area contributed by atoms with E-state index in [2.05, 4.69) is 0 Å². The third-order valence-corrected chi connectivity index (χ3v) is 7.25. The summed E-state index contributed by atoms with van der Waals surface area (Å²) in [6.45, 7) is 0. The lowest BCUT2D eigenvalue weighted by Crippen LogP contribution is -2.38. The van der Waals surface area contributed by atoms with Crippen LogP contribution in [0.1, 0.15) is 16.7 Å². The van der Waals surface area contributed by atoms with Crippen LogP contribution < -0.4 is 0 Å². The molecule has 0 aromatic heterocycles. The SMILES string of the molecule is O=S(=O)(O)C(c1ccc(Cl)cc1)(c1ccc(O)c(Cl)c1)c1ccc(Cl)c(Cl)c1O. The second kappa shape index (κ2) is 7.87. The standard InChI is InChI=1S/C19H12Cl4O5S/c20-12-4-1-10(2-5-12)19(29(26,27)28,11-3-8-16(24)15(22)9-11)13-6-7-14(21)17(23)18(13)25/h1-9,24-25H,(H,26,27,28). The largest absolute Gasteiger partial charge is 0.506 e. The van der Waals surface area contributed by atoms with Crippen LogP contribution in [0.2, 0.25) is 20.1 Å². The summed E-state index contributed by atoms with van der Waals surface area (Å²) in [5.41, 5.74) is -0.280. The number of halogens is 4. The smallest absolute Gasteiger partial charge is 0.283 e. The zero-order valence-corrected chi connectivity index (χ0v) is 18.1. The average molecular weight is 494 g/mol. The van der Waals surface area contributed by atoms with E-state index in [0.29, 0.717) is 5.02 Å². The van der Waals surface area contributed by atoms with Gasteiger partial charge in [-0.1, -0.05) is 70.7 Å². The predicted octanol–water partition coefficient (Wildman–Crippen LogP) is 5.89. The van der Waals surface area contributed by atoms with Crippen LogP contribution in [0.4, 0.5) is 0 Å². The van der Waals surface area contributed by atoms with Crippen molar-refractivity contribution in [1.82, 2.24) is 0 Å². The highest BCUT2D eigenvalue weighted by Gasteiger charge is 2.50. The molecule has 0 bridgehead atoms. The highest BCUT2D eigenvalue weighted by Crippen LogP contribution is 2.50. The Morgan fingerprint density at radius 1 is 0.759 bits per heavy atom. The molecule has 0 heterocycles. The minimum absolute atomic E-state index is 0.0167. The molecule has 0 radical (unpaired) electrons. The number of benzene rings is 3. The molecule has 0 aliphatic heterocycles. The lowest BCUT2D eigenvalue weighted by Gasteiger charge is -2.33. The summed E-state index contributed by atoms with van der Waals surface area (Å²) >= 11 is 23.9. The molecule has 0 amide bonds. The van der Waals surface area contributed by atoms with E-state index >= 15 is 0 Å². The van der Waals surface area contributed by atoms with Gasteiger partial charge < -0.3 is 10.2 Å². The van der Waals surface area contributed by atoms with Crippen molar-refractivity contribution in [3.63, 3.8) is 0 Å². The molecule has 152 valence electrons. The summed E-state index contributed by atoms with van der Waals surface area (Å²) < 4.78 is 33.9. The molecule has 10 heteroatoms. The van der Waals surface area contributed by atoms with Gasteiger partial charge >= 0.3 is 0 Å². The lowest BCUT2D eigenvalue weighted by atomic mass is 9.83. The Hall–Kier alpha value is -1.67. The van der Waals surface area contributed by atoms with Crippen LogP contribution >= 0.6 is 46.4 Å². The molecule has 0 saturated carbocycles. The van der Waals surface area contributed by atoms with Crippen molar-refractivity contribution in [3.05, 3.63) is 91.4 Å². The van der Waals surface area contributed by atoms with Gasteiger partial charge in [0.05, 0.1) is 10.0 Å². The number of aromatic hydroxyl groups is 2. The first-order chi connectivity index (χ1) is 13.5. The highest BCUT2D eigenvalue weighted by molar-refractivity contribution is 7.87. The molecule has 1 atom stereocenters.